The van der Waals surface area contributed by atoms with Gasteiger partial charge in [0, 0.05) is 12.5 Å². The van der Waals surface area contributed by atoms with Gasteiger partial charge in [0.25, 0.3) is 0 Å². The van der Waals surface area contributed by atoms with Crippen LogP contribution < -0.4 is 15.4 Å². The van der Waals surface area contributed by atoms with Crippen LogP contribution in [0.4, 0.5) is 5.69 Å². The molecule has 0 aliphatic rings. The second-order valence-electron chi connectivity index (χ2n) is 4.38. The van der Waals surface area contributed by atoms with Crippen LogP contribution >= 0.6 is 0 Å². The van der Waals surface area contributed by atoms with Crippen molar-refractivity contribution in [3.63, 3.8) is 0 Å². The van der Waals surface area contributed by atoms with Gasteiger partial charge in [0.15, 0.2) is 6.61 Å². The van der Waals surface area contributed by atoms with E-state index in [1.54, 1.807) is 24.3 Å². The Hall–Kier alpha value is -2.08. The highest BCUT2D eigenvalue weighted by atomic mass is 16.5. The van der Waals surface area contributed by atoms with Crippen LogP contribution in [0, 0.1) is 5.92 Å². The fraction of sp³-hybridized carbons (Fsp3) is 0.429. The Morgan fingerprint density at radius 3 is 2.70 bits per heavy atom. The predicted octanol–water partition coefficient (Wildman–Crippen LogP) is 1.33. The van der Waals surface area contributed by atoms with Gasteiger partial charge in [-0.15, -0.1) is 0 Å². The number of carboxylic acids is 1. The number of hydrogen-bond acceptors (Lipinski definition) is 4. The molecule has 1 aromatic rings. The van der Waals surface area contributed by atoms with Crippen molar-refractivity contribution in [1.29, 1.82) is 0 Å². The van der Waals surface area contributed by atoms with Gasteiger partial charge in [0.05, 0.1) is 5.69 Å². The number of carbonyl (C=O) groups excluding carboxylic acids is 1. The van der Waals surface area contributed by atoms with Crippen molar-refractivity contribution in [1.82, 2.24) is 5.32 Å². The van der Waals surface area contributed by atoms with E-state index in [-0.39, 0.29) is 11.8 Å². The van der Waals surface area contributed by atoms with Gasteiger partial charge in [-0.05, 0) is 18.7 Å². The normalized spacial score (nSPS) is 11.7. The summed E-state index contributed by atoms with van der Waals surface area (Å²) in [5, 5.41) is 14.5. The number of anilines is 1. The number of ether oxygens (including phenoxy) is 1. The van der Waals surface area contributed by atoms with E-state index in [2.05, 4.69) is 10.6 Å². The molecule has 1 atom stereocenters. The smallest absolute Gasteiger partial charge is 0.341 e. The molecule has 0 fully saturated rings. The van der Waals surface area contributed by atoms with Crippen LogP contribution in [0.15, 0.2) is 24.3 Å². The maximum Gasteiger partial charge on any atom is 0.341 e. The van der Waals surface area contributed by atoms with E-state index in [0.717, 1.165) is 6.54 Å². The number of para-hydroxylation sites is 2. The fourth-order valence-corrected chi connectivity index (χ4v) is 1.54. The zero-order valence-electron chi connectivity index (χ0n) is 11.7. The molecule has 0 bridgehead atoms. The maximum atomic E-state index is 12.0. The third-order valence-corrected chi connectivity index (χ3v) is 2.64. The third-order valence-electron chi connectivity index (χ3n) is 2.64. The Kier molecular flexibility index (Phi) is 6.52. The van der Waals surface area contributed by atoms with Crippen LogP contribution in [0.1, 0.15) is 13.8 Å². The zero-order chi connectivity index (χ0) is 15.0. The number of rotatable bonds is 8. The average molecular weight is 280 g/mol. The lowest BCUT2D eigenvalue weighted by molar-refractivity contribution is -0.139. The molecule has 0 radical (unpaired) electrons. The Morgan fingerprint density at radius 2 is 2.05 bits per heavy atom. The predicted molar refractivity (Wildman–Crippen MR) is 75.9 cm³/mol. The van der Waals surface area contributed by atoms with Gasteiger partial charge in [-0.25, -0.2) is 4.79 Å². The van der Waals surface area contributed by atoms with Gasteiger partial charge in [-0.2, -0.15) is 0 Å². The van der Waals surface area contributed by atoms with Crippen LogP contribution in [0.5, 0.6) is 5.75 Å². The largest absolute Gasteiger partial charge is 0.480 e. The van der Waals surface area contributed by atoms with Gasteiger partial charge in [0.2, 0.25) is 5.91 Å². The summed E-state index contributed by atoms with van der Waals surface area (Å²) in [7, 11) is 0. The summed E-state index contributed by atoms with van der Waals surface area (Å²) in [6, 6.07) is 6.76. The molecule has 0 saturated carbocycles. The SMILES string of the molecule is CCNCC(C)C(=O)Nc1ccccc1OCC(=O)O. The fourth-order valence-electron chi connectivity index (χ4n) is 1.54. The summed E-state index contributed by atoms with van der Waals surface area (Å²) in [5.41, 5.74) is 0.474. The minimum Gasteiger partial charge on any atom is -0.480 e. The van der Waals surface area contributed by atoms with E-state index < -0.39 is 12.6 Å². The lowest BCUT2D eigenvalue weighted by Gasteiger charge is -2.15. The first-order valence-corrected chi connectivity index (χ1v) is 6.49. The number of benzene rings is 1. The van der Waals surface area contributed by atoms with Crippen molar-refractivity contribution in [2.75, 3.05) is 25.0 Å². The molecule has 0 spiro atoms. The summed E-state index contributed by atoms with van der Waals surface area (Å²) >= 11 is 0. The Bertz CT molecular complexity index is 462. The molecule has 20 heavy (non-hydrogen) atoms. The number of nitrogens with one attached hydrogen (secondary N) is 2. The first-order chi connectivity index (χ1) is 9.54. The van der Waals surface area contributed by atoms with Crippen molar-refractivity contribution >= 4 is 17.6 Å². The summed E-state index contributed by atoms with van der Waals surface area (Å²) in [6.07, 6.45) is 0. The van der Waals surface area contributed by atoms with Gasteiger partial charge >= 0.3 is 5.97 Å². The highest BCUT2D eigenvalue weighted by molar-refractivity contribution is 5.93. The Balaban J connectivity index is 2.66. The molecule has 0 aromatic heterocycles. The van der Waals surface area contributed by atoms with Crippen LogP contribution in [-0.2, 0) is 9.59 Å². The topological polar surface area (TPSA) is 87.7 Å². The van der Waals surface area contributed by atoms with Crippen molar-refractivity contribution in [2.45, 2.75) is 13.8 Å². The second kappa shape index (κ2) is 8.16. The molecule has 6 heteroatoms. The number of amides is 1. The van der Waals surface area contributed by atoms with Gasteiger partial charge in [-0.1, -0.05) is 26.0 Å². The summed E-state index contributed by atoms with van der Waals surface area (Å²) < 4.78 is 5.13. The van der Waals surface area contributed by atoms with Crippen LogP contribution in [0.25, 0.3) is 0 Å². The summed E-state index contributed by atoms with van der Waals surface area (Å²) in [5.74, 6) is -1.05. The van der Waals surface area contributed by atoms with E-state index in [4.69, 9.17) is 9.84 Å². The maximum absolute atomic E-state index is 12.0. The molecule has 0 aliphatic carbocycles. The monoisotopic (exact) mass is 280 g/mol. The standard InChI is InChI=1S/C14H20N2O4/c1-3-15-8-10(2)14(19)16-11-6-4-5-7-12(11)20-9-13(17)18/h4-7,10,15H,3,8-9H2,1-2H3,(H,16,19)(H,17,18). The summed E-state index contributed by atoms with van der Waals surface area (Å²) in [6.45, 7) is 4.73. The molecule has 0 saturated heterocycles. The van der Waals surface area contributed by atoms with E-state index in [9.17, 15) is 9.59 Å². The van der Waals surface area contributed by atoms with E-state index in [1.165, 1.54) is 0 Å². The average Bonchev–Trinajstić information content (AvgIpc) is 2.43. The van der Waals surface area contributed by atoms with Gasteiger partial charge in [0.1, 0.15) is 5.75 Å². The molecule has 3 N–H and O–H groups in total. The minimum atomic E-state index is -1.06. The Morgan fingerprint density at radius 1 is 1.35 bits per heavy atom. The minimum absolute atomic E-state index is 0.141. The molecule has 1 aromatic carbocycles. The molecule has 110 valence electrons. The lowest BCUT2D eigenvalue weighted by Crippen LogP contribution is -2.30. The zero-order valence-corrected chi connectivity index (χ0v) is 11.7. The molecule has 0 aliphatic heterocycles. The lowest BCUT2D eigenvalue weighted by atomic mass is 10.1. The highest BCUT2D eigenvalue weighted by Crippen LogP contribution is 2.24. The van der Waals surface area contributed by atoms with Crippen molar-refractivity contribution < 1.29 is 19.4 Å². The molecular formula is C14H20N2O4. The van der Waals surface area contributed by atoms with E-state index in [1.807, 2.05) is 13.8 Å². The number of hydrogen-bond donors (Lipinski definition) is 3. The van der Waals surface area contributed by atoms with Crippen LogP contribution in [0.2, 0.25) is 0 Å². The molecule has 1 unspecified atom stereocenters. The molecule has 6 nitrogen and oxygen atoms in total. The summed E-state index contributed by atoms with van der Waals surface area (Å²) in [4.78, 5) is 22.5. The quantitative estimate of drug-likeness (QED) is 0.668. The first kappa shape index (κ1) is 16.0. The highest BCUT2D eigenvalue weighted by Gasteiger charge is 2.14. The van der Waals surface area contributed by atoms with Crippen molar-refractivity contribution in [3.8, 4) is 5.75 Å². The number of aliphatic carboxylic acids is 1. The molecule has 0 heterocycles. The second-order valence-corrected chi connectivity index (χ2v) is 4.38. The van der Waals surface area contributed by atoms with E-state index in [0.29, 0.717) is 18.0 Å². The third kappa shape index (κ3) is 5.27. The van der Waals surface area contributed by atoms with Crippen LogP contribution in [0.3, 0.4) is 0 Å². The van der Waals surface area contributed by atoms with Gasteiger partial charge < -0.3 is 20.5 Å². The number of carbonyl (C=O) groups is 2. The van der Waals surface area contributed by atoms with E-state index >= 15 is 0 Å². The first-order valence-electron chi connectivity index (χ1n) is 6.49. The van der Waals surface area contributed by atoms with Crippen LogP contribution in [-0.4, -0.2) is 36.7 Å². The molecule has 1 rings (SSSR count). The van der Waals surface area contributed by atoms with Gasteiger partial charge in [-0.3, -0.25) is 4.79 Å². The molecule has 1 amide bonds. The number of carboxylic acid groups (broad SMARTS) is 1. The van der Waals surface area contributed by atoms with Crippen molar-refractivity contribution in [3.05, 3.63) is 24.3 Å². The molecular weight excluding hydrogens is 260 g/mol. The van der Waals surface area contributed by atoms with Crippen molar-refractivity contribution in [2.24, 2.45) is 5.92 Å². The Labute approximate surface area is 118 Å².